The van der Waals surface area contributed by atoms with Crippen molar-refractivity contribution in [2.75, 3.05) is 4.72 Å². The van der Waals surface area contributed by atoms with Crippen molar-refractivity contribution in [2.24, 2.45) is 0 Å². The Morgan fingerprint density at radius 3 is 2.26 bits per heavy atom. The summed E-state index contributed by atoms with van der Waals surface area (Å²) in [6.07, 6.45) is 0.782. The van der Waals surface area contributed by atoms with Crippen LogP contribution in [-0.4, -0.2) is 13.4 Å². The van der Waals surface area contributed by atoms with Crippen LogP contribution in [0.15, 0.2) is 64.9 Å². The van der Waals surface area contributed by atoms with Crippen molar-refractivity contribution in [1.82, 2.24) is 4.98 Å². The number of nitrogens with one attached hydrogen (secondary N) is 1. The molecule has 6 heteroatoms. The third-order valence-corrected chi connectivity index (χ3v) is 5.70. The molecule has 3 aromatic rings. The highest BCUT2D eigenvalue weighted by Gasteiger charge is 2.16. The van der Waals surface area contributed by atoms with Gasteiger partial charge in [0, 0.05) is 5.38 Å². The minimum Gasteiger partial charge on any atom is -0.255 e. The molecule has 1 heterocycles. The Labute approximate surface area is 139 Å². The molecular weight excluding hydrogens is 328 g/mol. The molecule has 0 aliphatic heterocycles. The fraction of sp³-hybridized carbons (Fsp3) is 0.118. The lowest BCUT2D eigenvalue weighted by atomic mass is 10.1. The van der Waals surface area contributed by atoms with Crippen molar-refractivity contribution >= 4 is 26.5 Å². The summed E-state index contributed by atoms with van der Waals surface area (Å²) in [5.41, 5.74) is 2.91. The SMILES string of the molecule is CCc1csc(NS(=O)(=O)c2ccc(-c3ccccc3)cc2)n1. The Morgan fingerprint density at radius 2 is 1.65 bits per heavy atom. The summed E-state index contributed by atoms with van der Waals surface area (Å²) < 4.78 is 27.3. The lowest BCUT2D eigenvalue weighted by Gasteiger charge is -2.07. The quantitative estimate of drug-likeness (QED) is 0.755. The summed E-state index contributed by atoms with van der Waals surface area (Å²) in [7, 11) is -3.61. The molecule has 1 N–H and O–H groups in total. The lowest BCUT2D eigenvalue weighted by Crippen LogP contribution is -2.12. The molecule has 118 valence electrons. The Balaban J connectivity index is 1.83. The third-order valence-electron chi connectivity index (χ3n) is 3.41. The van der Waals surface area contributed by atoms with Crippen LogP contribution in [0, 0.1) is 0 Å². The van der Waals surface area contributed by atoms with Gasteiger partial charge < -0.3 is 0 Å². The van der Waals surface area contributed by atoms with Gasteiger partial charge in [0.1, 0.15) is 0 Å². The van der Waals surface area contributed by atoms with Crippen LogP contribution in [0.25, 0.3) is 11.1 Å². The maximum Gasteiger partial charge on any atom is 0.263 e. The van der Waals surface area contributed by atoms with Gasteiger partial charge >= 0.3 is 0 Å². The molecule has 0 bridgehead atoms. The highest BCUT2D eigenvalue weighted by atomic mass is 32.2. The highest BCUT2D eigenvalue weighted by Crippen LogP contribution is 2.23. The molecule has 3 rings (SSSR count). The Bertz CT molecular complexity index is 886. The second-order valence-electron chi connectivity index (χ2n) is 4.99. The van der Waals surface area contributed by atoms with E-state index in [0.29, 0.717) is 5.13 Å². The third kappa shape index (κ3) is 3.60. The molecule has 2 aromatic carbocycles. The average Bonchev–Trinajstić information content (AvgIpc) is 3.03. The van der Waals surface area contributed by atoms with Gasteiger partial charge in [0.25, 0.3) is 10.0 Å². The van der Waals surface area contributed by atoms with E-state index in [1.54, 1.807) is 12.1 Å². The Hall–Kier alpha value is -2.18. The lowest BCUT2D eigenvalue weighted by molar-refractivity contribution is 0.601. The highest BCUT2D eigenvalue weighted by molar-refractivity contribution is 7.93. The Morgan fingerprint density at radius 1 is 1.00 bits per heavy atom. The monoisotopic (exact) mass is 344 g/mol. The number of sulfonamides is 1. The van der Waals surface area contributed by atoms with E-state index in [0.717, 1.165) is 23.2 Å². The summed E-state index contributed by atoms with van der Waals surface area (Å²) in [5.74, 6) is 0. The molecule has 0 amide bonds. The molecule has 0 atom stereocenters. The van der Waals surface area contributed by atoms with Crippen molar-refractivity contribution in [3.05, 3.63) is 65.7 Å². The fourth-order valence-corrected chi connectivity index (χ4v) is 4.19. The molecule has 0 saturated heterocycles. The van der Waals surface area contributed by atoms with Crippen LogP contribution in [0.1, 0.15) is 12.6 Å². The maximum atomic E-state index is 12.4. The number of hydrogen-bond acceptors (Lipinski definition) is 4. The van der Waals surface area contributed by atoms with Crippen LogP contribution >= 0.6 is 11.3 Å². The number of aryl methyl sites for hydroxylation is 1. The van der Waals surface area contributed by atoms with Crippen molar-refractivity contribution in [2.45, 2.75) is 18.2 Å². The zero-order valence-corrected chi connectivity index (χ0v) is 14.2. The topological polar surface area (TPSA) is 59.1 Å². The number of anilines is 1. The molecule has 0 aliphatic carbocycles. The molecule has 4 nitrogen and oxygen atoms in total. The molecule has 0 radical (unpaired) electrons. The van der Waals surface area contributed by atoms with Crippen LogP contribution in [-0.2, 0) is 16.4 Å². The normalized spacial score (nSPS) is 11.3. The fourth-order valence-electron chi connectivity index (χ4n) is 2.15. The van der Waals surface area contributed by atoms with E-state index in [9.17, 15) is 8.42 Å². The molecule has 0 fully saturated rings. The summed E-state index contributed by atoms with van der Waals surface area (Å²) in [6.45, 7) is 1.98. The predicted octanol–water partition coefficient (Wildman–Crippen LogP) is 4.17. The van der Waals surface area contributed by atoms with Crippen LogP contribution < -0.4 is 4.72 Å². The summed E-state index contributed by atoms with van der Waals surface area (Å²) in [6, 6.07) is 16.7. The van der Waals surface area contributed by atoms with E-state index < -0.39 is 10.0 Å². The first kappa shape index (κ1) is 15.7. The van der Waals surface area contributed by atoms with Gasteiger partial charge in [-0.1, -0.05) is 49.4 Å². The van der Waals surface area contributed by atoms with E-state index in [1.165, 1.54) is 11.3 Å². The molecule has 0 spiro atoms. The summed E-state index contributed by atoms with van der Waals surface area (Å²) in [5, 5.41) is 2.25. The number of aromatic nitrogens is 1. The van der Waals surface area contributed by atoms with Crippen molar-refractivity contribution in [3.8, 4) is 11.1 Å². The van der Waals surface area contributed by atoms with E-state index >= 15 is 0 Å². The van der Waals surface area contributed by atoms with E-state index in [4.69, 9.17) is 0 Å². The number of hydrogen-bond donors (Lipinski definition) is 1. The second kappa shape index (κ2) is 6.52. The van der Waals surface area contributed by atoms with Crippen LogP contribution in [0.2, 0.25) is 0 Å². The van der Waals surface area contributed by atoms with Crippen molar-refractivity contribution < 1.29 is 8.42 Å². The first-order chi connectivity index (χ1) is 11.1. The minimum atomic E-state index is -3.61. The van der Waals surface area contributed by atoms with Crippen molar-refractivity contribution in [3.63, 3.8) is 0 Å². The zero-order valence-electron chi connectivity index (χ0n) is 12.6. The Kier molecular flexibility index (Phi) is 4.45. The molecule has 0 unspecified atom stereocenters. The molecule has 23 heavy (non-hydrogen) atoms. The smallest absolute Gasteiger partial charge is 0.255 e. The van der Waals surface area contributed by atoms with Crippen molar-refractivity contribution in [1.29, 1.82) is 0 Å². The van der Waals surface area contributed by atoms with Gasteiger partial charge in [0.15, 0.2) is 5.13 Å². The van der Waals surface area contributed by atoms with Gasteiger partial charge in [0.2, 0.25) is 0 Å². The zero-order chi connectivity index (χ0) is 16.3. The van der Waals surface area contributed by atoms with Crippen LogP contribution in [0.4, 0.5) is 5.13 Å². The molecule has 0 aliphatic rings. The number of thiazole rings is 1. The first-order valence-electron chi connectivity index (χ1n) is 7.21. The molecule has 1 aromatic heterocycles. The van der Waals surface area contributed by atoms with Crippen LogP contribution in [0.3, 0.4) is 0 Å². The van der Waals surface area contributed by atoms with Gasteiger partial charge in [0.05, 0.1) is 10.6 Å². The van der Waals surface area contributed by atoms with E-state index in [-0.39, 0.29) is 4.90 Å². The largest absolute Gasteiger partial charge is 0.263 e. The average molecular weight is 344 g/mol. The van der Waals surface area contributed by atoms with Gasteiger partial charge in [-0.3, -0.25) is 4.72 Å². The predicted molar refractivity (Wildman–Crippen MR) is 94.2 cm³/mol. The number of rotatable bonds is 5. The van der Waals surface area contributed by atoms with Gasteiger partial charge in [-0.2, -0.15) is 0 Å². The van der Waals surface area contributed by atoms with Gasteiger partial charge in [-0.15, -0.1) is 11.3 Å². The maximum absolute atomic E-state index is 12.4. The van der Waals surface area contributed by atoms with Gasteiger partial charge in [-0.25, -0.2) is 13.4 Å². The summed E-state index contributed by atoms with van der Waals surface area (Å²) >= 11 is 1.29. The van der Waals surface area contributed by atoms with Gasteiger partial charge in [-0.05, 0) is 29.7 Å². The van der Waals surface area contributed by atoms with E-state index in [1.807, 2.05) is 54.8 Å². The number of benzene rings is 2. The number of nitrogens with zero attached hydrogens (tertiary/aromatic N) is 1. The van der Waals surface area contributed by atoms with E-state index in [2.05, 4.69) is 9.71 Å². The van der Waals surface area contributed by atoms with Crippen LogP contribution in [0.5, 0.6) is 0 Å². The summed E-state index contributed by atoms with van der Waals surface area (Å²) in [4.78, 5) is 4.46. The minimum absolute atomic E-state index is 0.227. The first-order valence-corrected chi connectivity index (χ1v) is 9.57. The molecule has 0 saturated carbocycles. The second-order valence-corrected chi connectivity index (χ2v) is 7.53. The standard InChI is InChI=1S/C17H16N2O2S2/c1-2-15-12-22-17(18-15)19-23(20,21)16-10-8-14(9-11-16)13-6-4-3-5-7-13/h3-12H,2H2,1H3,(H,18,19). The molecular formula is C17H16N2O2S2.